The quantitative estimate of drug-likeness (QED) is 0.800. The molecule has 0 aliphatic heterocycles. The van der Waals surface area contributed by atoms with Crippen molar-refractivity contribution in [3.8, 4) is 5.75 Å². The molecule has 0 saturated heterocycles. The normalized spacial score (nSPS) is 13.5. The summed E-state index contributed by atoms with van der Waals surface area (Å²) in [6.07, 6.45) is 2.50. The smallest absolute Gasteiger partial charge is 0.224 e. The van der Waals surface area contributed by atoms with Crippen LogP contribution in [0.4, 0.5) is 0 Å². The highest BCUT2D eigenvalue weighted by atomic mass is 16.5. The molecular weight excluding hydrogens is 280 g/mol. The molecule has 0 bridgehead atoms. The van der Waals surface area contributed by atoms with E-state index in [2.05, 4.69) is 5.32 Å². The number of nitrogens with one attached hydrogen (secondary N) is 1. The van der Waals surface area contributed by atoms with Crippen LogP contribution in [-0.2, 0) is 16.1 Å². The molecule has 1 aliphatic carbocycles. The lowest BCUT2D eigenvalue weighted by atomic mass is 10.2. The topological polar surface area (TPSA) is 58.6 Å². The van der Waals surface area contributed by atoms with Crippen molar-refractivity contribution in [1.29, 1.82) is 0 Å². The van der Waals surface area contributed by atoms with E-state index in [0.717, 1.165) is 24.2 Å². The van der Waals surface area contributed by atoms with Gasteiger partial charge < -0.3 is 15.0 Å². The first-order valence-corrected chi connectivity index (χ1v) is 7.85. The maximum Gasteiger partial charge on any atom is 0.224 e. The Bertz CT molecular complexity index is 509. The van der Waals surface area contributed by atoms with Crippen LogP contribution in [0, 0.1) is 0 Å². The second kappa shape index (κ2) is 7.82. The first-order valence-electron chi connectivity index (χ1n) is 7.85. The Kier molecular flexibility index (Phi) is 5.81. The number of carbonyl (C=O) groups excluding carboxylic acids is 2. The third kappa shape index (κ3) is 5.06. The van der Waals surface area contributed by atoms with Crippen molar-refractivity contribution in [3.05, 3.63) is 29.8 Å². The van der Waals surface area contributed by atoms with E-state index >= 15 is 0 Å². The number of ether oxygens (including phenoxy) is 1. The highest BCUT2D eigenvalue weighted by Crippen LogP contribution is 2.29. The highest BCUT2D eigenvalue weighted by molar-refractivity contribution is 5.78. The third-order valence-electron chi connectivity index (χ3n) is 3.61. The summed E-state index contributed by atoms with van der Waals surface area (Å²) >= 11 is 0. The van der Waals surface area contributed by atoms with Gasteiger partial charge in [-0.05, 0) is 37.5 Å². The van der Waals surface area contributed by atoms with Crippen LogP contribution in [0.1, 0.15) is 38.7 Å². The van der Waals surface area contributed by atoms with Gasteiger partial charge in [-0.15, -0.1) is 0 Å². The highest BCUT2D eigenvalue weighted by Gasteiger charge is 2.32. The van der Waals surface area contributed by atoms with Gasteiger partial charge in [0.1, 0.15) is 5.75 Å². The van der Waals surface area contributed by atoms with Gasteiger partial charge in [0.15, 0.2) is 0 Å². The fraction of sp³-hybridized carbons (Fsp3) is 0.529. The average molecular weight is 304 g/mol. The molecule has 0 heterocycles. The van der Waals surface area contributed by atoms with Gasteiger partial charge in [-0.1, -0.05) is 12.1 Å². The van der Waals surface area contributed by atoms with Gasteiger partial charge in [-0.2, -0.15) is 0 Å². The van der Waals surface area contributed by atoms with Crippen LogP contribution in [0.25, 0.3) is 0 Å². The molecule has 0 unspecified atom stereocenters. The summed E-state index contributed by atoms with van der Waals surface area (Å²) in [6.45, 7) is 5.09. The fourth-order valence-electron chi connectivity index (χ4n) is 2.35. The summed E-state index contributed by atoms with van der Waals surface area (Å²) in [5.41, 5.74) is 1.10. The van der Waals surface area contributed by atoms with E-state index < -0.39 is 0 Å². The molecule has 5 nitrogen and oxygen atoms in total. The number of amides is 2. The molecule has 1 saturated carbocycles. The Balaban J connectivity index is 1.90. The first kappa shape index (κ1) is 16.3. The molecule has 2 rings (SSSR count). The fourth-order valence-corrected chi connectivity index (χ4v) is 2.35. The zero-order valence-corrected chi connectivity index (χ0v) is 13.3. The van der Waals surface area contributed by atoms with Crippen LogP contribution in [-0.4, -0.2) is 35.9 Å². The molecule has 0 aromatic heterocycles. The second-order valence-electron chi connectivity index (χ2n) is 5.56. The lowest BCUT2D eigenvalue weighted by Gasteiger charge is -2.23. The standard InChI is InChI=1S/C17H24N2O3/c1-3-22-16-8-4-14(5-9-16)12-19(15-6-7-15)17(21)10-11-18-13(2)20/h4-5,8-9,15H,3,6-7,10-12H2,1-2H3,(H,18,20). The molecule has 1 aliphatic rings. The third-order valence-corrected chi connectivity index (χ3v) is 3.61. The van der Waals surface area contributed by atoms with Crippen molar-refractivity contribution in [2.45, 2.75) is 45.7 Å². The minimum Gasteiger partial charge on any atom is -0.494 e. The van der Waals surface area contributed by atoms with Crippen LogP contribution in [0.3, 0.4) is 0 Å². The lowest BCUT2D eigenvalue weighted by molar-refractivity contribution is -0.132. The molecule has 1 aromatic rings. The van der Waals surface area contributed by atoms with E-state index in [1.54, 1.807) is 0 Å². The van der Waals surface area contributed by atoms with Gasteiger partial charge in [-0.25, -0.2) is 0 Å². The maximum absolute atomic E-state index is 12.3. The summed E-state index contributed by atoms with van der Waals surface area (Å²) in [6, 6.07) is 8.23. The molecule has 22 heavy (non-hydrogen) atoms. The molecule has 0 radical (unpaired) electrons. The van der Waals surface area contributed by atoms with Crippen LogP contribution in [0.15, 0.2) is 24.3 Å². The Morgan fingerprint density at radius 2 is 1.95 bits per heavy atom. The van der Waals surface area contributed by atoms with E-state index in [1.165, 1.54) is 6.92 Å². The molecule has 1 fully saturated rings. The van der Waals surface area contributed by atoms with Gasteiger partial charge in [0, 0.05) is 32.5 Å². The van der Waals surface area contributed by atoms with Gasteiger partial charge in [0.2, 0.25) is 11.8 Å². The summed E-state index contributed by atoms with van der Waals surface area (Å²) in [7, 11) is 0. The predicted octanol–water partition coefficient (Wildman–Crippen LogP) is 2.10. The average Bonchev–Trinajstić information content (AvgIpc) is 3.31. The summed E-state index contributed by atoms with van der Waals surface area (Å²) in [5.74, 6) is 0.851. The van der Waals surface area contributed by atoms with Crippen molar-refractivity contribution in [1.82, 2.24) is 10.2 Å². The molecule has 1 N–H and O–H groups in total. The van der Waals surface area contributed by atoms with Crippen molar-refractivity contribution < 1.29 is 14.3 Å². The summed E-state index contributed by atoms with van der Waals surface area (Å²) in [4.78, 5) is 25.1. The molecule has 5 heteroatoms. The lowest BCUT2D eigenvalue weighted by Crippen LogP contribution is -2.35. The van der Waals surface area contributed by atoms with E-state index in [4.69, 9.17) is 4.74 Å². The minimum atomic E-state index is -0.0997. The SMILES string of the molecule is CCOc1ccc(CN(C(=O)CCNC(C)=O)C2CC2)cc1. The van der Waals surface area contributed by atoms with Crippen LogP contribution < -0.4 is 10.1 Å². The van der Waals surface area contributed by atoms with E-state index in [0.29, 0.717) is 32.2 Å². The molecular formula is C17H24N2O3. The zero-order chi connectivity index (χ0) is 15.9. The predicted molar refractivity (Wildman–Crippen MR) is 84.5 cm³/mol. The van der Waals surface area contributed by atoms with Crippen molar-refractivity contribution in [2.24, 2.45) is 0 Å². The van der Waals surface area contributed by atoms with E-state index in [1.807, 2.05) is 36.1 Å². The Labute approximate surface area is 131 Å². The number of nitrogens with zero attached hydrogens (tertiary/aromatic N) is 1. The molecule has 1 aromatic carbocycles. The van der Waals surface area contributed by atoms with Crippen LogP contribution >= 0.6 is 0 Å². The molecule has 0 atom stereocenters. The Morgan fingerprint density at radius 1 is 1.27 bits per heavy atom. The summed E-state index contributed by atoms with van der Waals surface area (Å²) < 4.78 is 5.43. The van der Waals surface area contributed by atoms with E-state index in [-0.39, 0.29) is 11.8 Å². The molecule has 0 spiro atoms. The molecule has 120 valence electrons. The minimum absolute atomic E-state index is 0.0997. The zero-order valence-electron chi connectivity index (χ0n) is 13.3. The van der Waals surface area contributed by atoms with Gasteiger partial charge in [-0.3, -0.25) is 9.59 Å². The monoisotopic (exact) mass is 304 g/mol. The second-order valence-corrected chi connectivity index (χ2v) is 5.56. The summed E-state index contributed by atoms with van der Waals surface area (Å²) in [5, 5.41) is 2.67. The van der Waals surface area contributed by atoms with E-state index in [9.17, 15) is 9.59 Å². The number of rotatable bonds is 8. The maximum atomic E-state index is 12.3. The Hall–Kier alpha value is -2.04. The first-order chi connectivity index (χ1) is 10.6. The largest absolute Gasteiger partial charge is 0.494 e. The van der Waals surface area contributed by atoms with Crippen LogP contribution in [0.2, 0.25) is 0 Å². The van der Waals surface area contributed by atoms with Crippen molar-refractivity contribution in [3.63, 3.8) is 0 Å². The molecule has 2 amide bonds. The Morgan fingerprint density at radius 3 is 2.50 bits per heavy atom. The number of hydrogen-bond donors (Lipinski definition) is 1. The number of hydrogen-bond acceptors (Lipinski definition) is 3. The van der Waals surface area contributed by atoms with Gasteiger partial charge in [0.25, 0.3) is 0 Å². The van der Waals surface area contributed by atoms with Gasteiger partial charge >= 0.3 is 0 Å². The number of carbonyl (C=O) groups is 2. The van der Waals surface area contributed by atoms with Crippen molar-refractivity contribution in [2.75, 3.05) is 13.2 Å². The van der Waals surface area contributed by atoms with Crippen molar-refractivity contribution >= 4 is 11.8 Å². The van der Waals surface area contributed by atoms with Crippen LogP contribution in [0.5, 0.6) is 5.75 Å². The number of benzene rings is 1. The van der Waals surface area contributed by atoms with Gasteiger partial charge in [0.05, 0.1) is 6.61 Å².